The third-order valence-electron chi connectivity index (χ3n) is 2.79. The summed E-state index contributed by atoms with van der Waals surface area (Å²) in [5, 5.41) is 9.96. The Morgan fingerprint density at radius 3 is 2.74 bits per heavy atom. The van der Waals surface area contributed by atoms with Crippen molar-refractivity contribution >= 4 is 16.7 Å². The summed E-state index contributed by atoms with van der Waals surface area (Å²) in [5.41, 5.74) is 6.93. The molecule has 2 aromatic heterocycles. The summed E-state index contributed by atoms with van der Waals surface area (Å²) in [5.74, 6) is -0.216. The Morgan fingerprint density at radius 1 is 1.11 bits per heavy atom. The van der Waals surface area contributed by atoms with Gasteiger partial charge in [-0.25, -0.2) is 14.4 Å². The van der Waals surface area contributed by atoms with Gasteiger partial charge in [0.15, 0.2) is 0 Å². The highest BCUT2D eigenvalue weighted by molar-refractivity contribution is 5.91. The maximum atomic E-state index is 14.1. The fraction of sp³-hybridized carbons (Fsp3) is 0. The summed E-state index contributed by atoms with van der Waals surface area (Å²) in [4.78, 5) is 11.7. The highest BCUT2D eigenvalue weighted by Crippen LogP contribution is 2.29. The van der Waals surface area contributed by atoms with Crippen LogP contribution in [-0.4, -0.2) is 20.1 Å². The van der Waals surface area contributed by atoms with Crippen molar-refractivity contribution in [1.29, 1.82) is 0 Å². The van der Waals surface area contributed by atoms with Crippen LogP contribution >= 0.6 is 0 Å². The van der Waals surface area contributed by atoms with Gasteiger partial charge >= 0.3 is 0 Å². The summed E-state index contributed by atoms with van der Waals surface area (Å²) in [6.07, 6.45) is 4.02. The molecule has 1 aromatic carbocycles. The van der Waals surface area contributed by atoms with E-state index in [1.807, 2.05) is 0 Å². The van der Waals surface area contributed by atoms with Crippen molar-refractivity contribution < 1.29 is 9.50 Å². The van der Waals surface area contributed by atoms with Crippen molar-refractivity contribution in [2.45, 2.75) is 0 Å². The molecule has 0 amide bonds. The zero-order chi connectivity index (χ0) is 13.4. The molecule has 3 N–H and O–H groups in total. The topological polar surface area (TPSA) is 84.9 Å². The van der Waals surface area contributed by atoms with Crippen LogP contribution in [0.1, 0.15) is 0 Å². The smallest absolute Gasteiger partial charge is 0.134 e. The van der Waals surface area contributed by atoms with Gasteiger partial charge < -0.3 is 10.8 Å². The van der Waals surface area contributed by atoms with Gasteiger partial charge in [0.2, 0.25) is 0 Å². The molecule has 2 heterocycles. The molecule has 0 spiro atoms. The zero-order valence-electron chi connectivity index (χ0n) is 9.71. The fourth-order valence-electron chi connectivity index (χ4n) is 1.89. The van der Waals surface area contributed by atoms with Crippen LogP contribution in [0.5, 0.6) is 5.75 Å². The van der Waals surface area contributed by atoms with Crippen molar-refractivity contribution in [3.63, 3.8) is 0 Å². The van der Waals surface area contributed by atoms with Gasteiger partial charge in [-0.3, -0.25) is 4.98 Å². The van der Waals surface area contributed by atoms with Crippen molar-refractivity contribution in [1.82, 2.24) is 15.0 Å². The number of rotatable bonds is 1. The Balaban J connectivity index is 2.29. The lowest BCUT2D eigenvalue weighted by Crippen LogP contribution is -1.95. The largest absolute Gasteiger partial charge is 0.506 e. The Morgan fingerprint density at radius 2 is 1.95 bits per heavy atom. The molecule has 0 aliphatic heterocycles. The summed E-state index contributed by atoms with van der Waals surface area (Å²) >= 11 is 0. The van der Waals surface area contributed by atoms with E-state index in [4.69, 9.17) is 5.73 Å². The lowest BCUT2D eigenvalue weighted by molar-refractivity contribution is 0.473. The monoisotopic (exact) mass is 256 g/mol. The second-order valence-electron chi connectivity index (χ2n) is 4.04. The molecule has 0 aliphatic rings. The van der Waals surface area contributed by atoms with E-state index in [0.717, 1.165) is 0 Å². The van der Waals surface area contributed by atoms with E-state index in [2.05, 4.69) is 15.0 Å². The molecule has 94 valence electrons. The molecule has 0 atom stereocenters. The van der Waals surface area contributed by atoms with E-state index < -0.39 is 5.82 Å². The molecule has 0 fully saturated rings. The molecular formula is C13H9FN4O. The quantitative estimate of drug-likeness (QED) is 0.696. The van der Waals surface area contributed by atoms with Crippen LogP contribution in [0.2, 0.25) is 0 Å². The number of benzene rings is 1. The molecular weight excluding hydrogens is 247 g/mol. The second-order valence-corrected chi connectivity index (χ2v) is 4.04. The number of anilines is 1. The molecule has 3 rings (SSSR count). The summed E-state index contributed by atoms with van der Waals surface area (Å²) in [6, 6.07) is 4.26. The van der Waals surface area contributed by atoms with Crippen LogP contribution in [0.25, 0.3) is 22.0 Å². The average Bonchev–Trinajstić information content (AvgIpc) is 2.38. The van der Waals surface area contributed by atoms with Crippen LogP contribution in [0.4, 0.5) is 10.2 Å². The standard InChI is InChI=1S/C13H9FN4O/c14-11-3-12-10(13(15)18-6-17-12)2-9(11)7-1-8(19)5-16-4-7/h1-6,19H,(H2,15,17,18). The van der Waals surface area contributed by atoms with Gasteiger partial charge in [0, 0.05) is 28.8 Å². The van der Waals surface area contributed by atoms with Crippen LogP contribution < -0.4 is 5.73 Å². The Labute approximate surface area is 107 Å². The minimum Gasteiger partial charge on any atom is -0.506 e. The minimum atomic E-state index is -0.460. The van der Waals surface area contributed by atoms with Gasteiger partial charge in [0.05, 0.1) is 11.7 Å². The van der Waals surface area contributed by atoms with Crippen LogP contribution in [0, 0.1) is 5.82 Å². The molecule has 0 aliphatic carbocycles. The van der Waals surface area contributed by atoms with Crippen molar-refractivity contribution in [2.75, 3.05) is 5.73 Å². The van der Waals surface area contributed by atoms with Gasteiger partial charge in [0.25, 0.3) is 0 Å². The van der Waals surface area contributed by atoms with Crippen LogP contribution in [-0.2, 0) is 0 Å². The predicted octanol–water partition coefficient (Wildman–Crippen LogP) is 2.12. The fourth-order valence-corrected chi connectivity index (χ4v) is 1.89. The lowest BCUT2D eigenvalue weighted by Gasteiger charge is -2.06. The number of halogens is 1. The molecule has 5 nitrogen and oxygen atoms in total. The number of hydrogen-bond acceptors (Lipinski definition) is 5. The molecule has 0 saturated heterocycles. The first-order chi connectivity index (χ1) is 9.15. The van der Waals surface area contributed by atoms with E-state index in [1.54, 1.807) is 6.07 Å². The number of fused-ring (bicyclic) bond motifs is 1. The second kappa shape index (κ2) is 4.16. The number of hydrogen-bond donors (Lipinski definition) is 2. The van der Waals surface area contributed by atoms with Gasteiger partial charge in [-0.15, -0.1) is 0 Å². The van der Waals surface area contributed by atoms with E-state index >= 15 is 0 Å². The first-order valence-electron chi connectivity index (χ1n) is 5.49. The van der Waals surface area contributed by atoms with Crippen molar-refractivity contribution in [2.24, 2.45) is 0 Å². The summed E-state index contributed by atoms with van der Waals surface area (Å²) in [6.45, 7) is 0. The van der Waals surface area contributed by atoms with Crippen molar-refractivity contribution in [3.05, 3.63) is 42.7 Å². The lowest BCUT2D eigenvalue weighted by atomic mass is 10.0. The van der Waals surface area contributed by atoms with E-state index in [9.17, 15) is 9.50 Å². The highest BCUT2D eigenvalue weighted by Gasteiger charge is 2.10. The Bertz CT molecular complexity index is 776. The molecule has 0 unspecified atom stereocenters. The highest BCUT2D eigenvalue weighted by atomic mass is 19.1. The Hall–Kier alpha value is -2.76. The third-order valence-corrected chi connectivity index (χ3v) is 2.79. The number of nitrogens with zero attached hydrogens (tertiary/aromatic N) is 3. The predicted molar refractivity (Wildman–Crippen MR) is 68.8 cm³/mol. The number of nitrogens with two attached hydrogens (primary N) is 1. The first-order valence-corrected chi connectivity index (χ1v) is 5.49. The number of aromatic nitrogens is 3. The summed E-state index contributed by atoms with van der Waals surface area (Å²) in [7, 11) is 0. The molecule has 3 aromatic rings. The summed E-state index contributed by atoms with van der Waals surface area (Å²) < 4.78 is 14.1. The van der Waals surface area contributed by atoms with E-state index in [-0.39, 0.29) is 17.1 Å². The molecule has 0 saturated carbocycles. The van der Waals surface area contributed by atoms with Gasteiger partial charge in [0.1, 0.15) is 23.7 Å². The molecule has 0 bridgehead atoms. The van der Waals surface area contributed by atoms with Gasteiger partial charge in [-0.05, 0) is 12.1 Å². The van der Waals surface area contributed by atoms with Crippen LogP contribution in [0.15, 0.2) is 36.9 Å². The number of pyridine rings is 1. The molecule has 0 radical (unpaired) electrons. The van der Waals surface area contributed by atoms with Crippen LogP contribution in [0.3, 0.4) is 0 Å². The van der Waals surface area contributed by atoms with Gasteiger partial charge in [-0.2, -0.15) is 0 Å². The van der Waals surface area contributed by atoms with Gasteiger partial charge in [-0.1, -0.05) is 0 Å². The van der Waals surface area contributed by atoms with E-state index in [1.165, 1.54) is 30.9 Å². The molecule has 19 heavy (non-hydrogen) atoms. The average molecular weight is 256 g/mol. The normalized spacial score (nSPS) is 10.8. The molecule has 6 heteroatoms. The van der Waals surface area contributed by atoms with Crippen molar-refractivity contribution in [3.8, 4) is 16.9 Å². The maximum Gasteiger partial charge on any atom is 0.134 e. The Kier molecular flexibility index (Phi) is 2.49. The minimum absolute atomic E-state index is 0.0331. The van der Waals surface area contributed by atoms with E-state index in [0.29, 0.717) is 16.5 Å². The SMILES string of the molecule is Nc1ncnc2cc(F)c(-c3cncc(O)c3)cc12. The maximum absolute atomic E-state index is 14.1. The zero-order valence-corrected chi connectivity index (χ0v) is 9.71. The number of aromatic hydroxyl groups is 1. The number of nitrogen functional groups attached to an aromatic ring is 1. The third kappa shape index (κ3) is 1.93. The first kappa shape index (κ1) is 11.3.